The number of aryl methyl sites for hydroxylation is 1. The van der Waals surface area contributed by atoms with Crippen LogP contribution < -0.4 is 4.90 Å². The number of amides is 1. The smallest absolute Gasteiger partial charge is 0.268 e. The normalized spacial score (nSPS) is 15.6. The molecule has 0 bridgehead atoms. The highest BCUT2D eigenvalue weighted by Crippen LogP contribution is 2.36. The van der Waals surface area contributed by atoms with Crippen molar-refractivity contribution in [1.82, 2.24) is 9.78 Å². The molecule has 0 spiro atoms. The molecule has 4 rings (SSSR count). The van der Waals surface area contributed by atoms with Crippen LogP contribution in [0.5, 0.6) is 0 Å². The summed E-state index contributed by atoms with van der Waals surface area (Å²) in [7, 11) is 0. The van der Waals surface area contributed by atoms with Crippen LogP contribution in [0.15, 0.2) is 65.6 Å². The molecule has 3 aromatic rings. The molecule has 0 N–H and O–H groups in total. The lowest BCUT2D eigenvalue weighted by molar-refractivity contribution is -0.113. The van der Waals surface area contributed by atoms with E-state index in [1.165, 1.54) is 17.3 Å². The van der Waals surface area contributed by atoms with E-state index < -0.39 is 0 Å². The highest BCUT2D eigenvalue weighted by atomic mass is 32.2. The van der Waals surface area contributed by atoms with Gasteiger partial charge in [0, 0.05) is 11.3 Å². The number of rotatable bonds is 4. The summed E-state index contributed by atoms with van der Waals surface area (Å²) >= 11 is 6.79. The molecule has 0 radical (unpaired) electrons. The van der Waals surface area contributed by atoms with Crippen LogP contribution in [0.25, 0.3) is 6.08 Å². The molecule has 1 fully saturated rings. The number of hydrogen-bond donors (Lipinski definition) is 0. The standard InChI is InChI=1S/C22H19N3OS2/c1-15-19(16(2)24(23-15)14-17-9-5-3-6-10-17)13-20-21(26)25(22(27)28-20)18-11-7-4-8-12-18/h3-13H,14H2,1-2H3/b20-13-. The van der Waals surface area contributed by atoms with Crippen LogP contribution in [0.4, 0.5) is 5.69 Å². The Labute approximate surface area is 173 Å². The third-order valence-corrected chi connectivity index (χ3v) is 6.00. The Kier molecular flexibility index (Phi) is 5.15. The Balaban J connectivity index is 1.64. The summed E-state index contributed by atoms with van der Waals surface area (Å²) in [5, 5.41) is 4.67. The average Bonchev–Trinajstić information content (AvgIpc) is 3.13. The van der Waals surface area contributed by atoms with Gasteiger partial charge < -0.3 is 0 Å². The molecule has 0 atom stereocenters. The fraction of sp³-hybridized carbons (Fsp3) is 0.136. The Bertz CT molecular complexity index is 1070. The maximum atomic E-state index is 13.0. The van der Waals surface area contributed by atoms with E-state index in [4.69, 9.17) is 12.2 Å². The summed E-state index contributed by atoms with van der Waals surface area (Å²) in [5.41, 5.74) is 4.89. The molecule has 140 valence electrons. The predicted molar refractivity (Wildman–Crippen MR) is 119 cm³/mol. The minimum absolute atomic E-state index is 0.0872. The average molecular weight is 406 g/mol. The van der Waals surface area contributed by atoms with E-state index in [1.54, 1.807) is 4.90 Å². The first-order valence-corrected chi connectivity index (χ1v) is 10.2. The molecular formula is C22H19N3OS2. The molecule has 0 aliphatic carbocycles. The summed E-state index contributed by atoms with van der Waals surface area (Å²) in [5.74, 6) is -0.0872. The Morgan fingerprint density at radius 2 is 1.68 bits per heavy atom. The predicted octanol–water partition coefficient (Wildman–Crippen LogP) is 4.95. The lowest BCUT2D eigenvalue weighted by Crippen LogP contribution is -2.27. The van der Waals surface area contributed by atoms with Gasteiger partial charge in [0.2, 0.25) is 0 Å². The third-order valence-electron chi connectivity index (χ3n) is 4.70. The number of anilines is 1. The zero-order valence-corrected chi connectivity index (χ0v) is 17.3. The molecule has 1 amide bonds. The van der Waals surface area contributed by atoms with E-state index in [9.17, 15) is 4.79 Å². The van der Waals surface area contributed by atoms with Crippen LogP contribution in [0, 0.1) is 13.8 Å². The number of hydrogen-bond acceptors (Lipinski definition) is 4. The first-order valence-electron chi connectivity index (χ1n) is 8.95. The van der Waals surface area contributed by atoms with Gasteiger partial charge in [0.25, 0.3) is 5.91 Å². The van der Waals surface area contributed by atoms with E-state index in [-0.39, 0.29) is 5.91 Å². The number of carbonyl (C=O) groups excluding carboxylic acids is 1. The Morgan fingerprint density at radius 3 is 2.36 bits per heavy atom. The fourth-order valence-electron chi connectivity index (χ4n) is 3.23. The van der Waals surface area contributed by atoms with Crippen LogP contribution in [0.2, 0.25) is 0 Å². The number of nitrogens with zero attached hydrogens (tertiary/aromatic N) is 3. The minimum Gasteiger partial charge on any atom is -0.268 e. The van der Waals surface area contributed by atoms with Gasteiger partial charge in [-0.15, -0.1) is 0 Å². The van der Waals surface area contributed by atoms with Gasteiger partial charge >= 0.3 is 0 Å². The van der Waals surface area contributed by atoms with Crippen molar-refractivity contribution in [1.29, 1.82) is 0 Å². The van der Waals surface area contributed by atoms with E-state index in [1.807, 2.05) is 73.1 Å². The molecule has 1 aliphatic rings. The maximum absolute atomic E-state index is 13.0. The summed E-state index contributed by atoms with van der Waals surface area (Å²) in [6.07, 6.45) is 1.92. The quantitative estimate of drug-likeness (QED) is 0.454. The SMILES string of the molecule is Cc1nn(Cc2ccccc2)c(C)c1/C=C1\SC(=S)N(c2ccccc2)C1=O. The number of thiocarbonyl (C=S) groups is 1. The van der Waals surface area contributed by atoms with Crippen LogP contribution in [0.1, 0.15) is 22.5 Å². The van der Waals surface area contributed by atoms with E-state index in [0.717, 1.165) is 22.6 Å². The molecule has 1 saturated heterocycles. The van der Waals surface area contributed by atoms with Gasteiger partial charge in [-0.2, -0.15) is 5.10 Å². The van der Waals surface area contributed by atoms with Gasteiger partial charge in [0.05, 0.1) is 22.8 Å². The molecule has 0 unspecified atom stereocenters. The molecule has 28 heavy (non-hydrogen) atoms. The van der Waals surface area contributed by atoms with Gasteiger partial charge in [0.15, 0.2) is 4.32 Å². The van der Waals surface area contributed by atoms with E-state index in [0.29, 0.717) is 15.8 Å². The topological polar surface area (TPSA) is 38.1 Å². The van der Waals surface area contributed by atoms with Crippen molar-refractivity contribution < 1.29 is 4.79 Å². The zero-order chi connectivity index (χ0) is 19.7. The Hall–Kier alpha value is -2.70. The third kappa shape index (κ3) is 3.53. The van der Waals surface area contributed by atoms with Crippen molar-refractivity contribution >= 4 is 46.0 Å². The molecule has 4 nitrogen and oxygen atoms in total. The molecule has 6 heteroatoms. The first kappa shape index (κ1) is 18.7. The highest BCUT2D eigenvalue weighted by molar-refractivity contribution is 8.27. The lowest BCUT2D eigenvalue weighted by atomic mass is 10.1. The first-order chi connectivity index (χ1) is 13.5. The van der Waals surface area contributed by atoms with Gasteiger partial charge in [0.1, 0.15) is 0 Å². The van der Waals surface area contributed by atoms with Gasteiger partial charge in [-0.1, -0.05) is 72.5 Å². The van der Waals surface area contributed by atoms with E-state index in [2.05, 4.69) is 17.2 Å². The largest absolute Gasteiger partial charge is 0.270 e. The van der Waals surface area contributed by atoms with Crippen molar-refractivity contribution in [3.05, 3.63) is 88.1 Å². The summed E-state index contributed by atoms with van der Waals surface area (Å²) in [6.45, 7) is 4.71. The second-order valence-electron chi connectivity index (χ2n) is 6.58. The molecule has 1 aromatic heterocycles. The summed E-state index contributed by atoms with van der Waals surface area (Å²) in [6, 6.07) is 19.7. The maximum Gasteiger partial charge on any atom is 0.270 e. The number of aromatic nitrogens is 2. The Morgan fingerprint density at radius 1 is 1.04 bits per heavy atom. The minimum atomic E-state index is -0.0872. The van der Waals surface area contributed by atoms with Gasteiger partial charge in [-0.3, -0.25) is 14.4 Å². The van der Waals surface area contributed by atoms with Crippen LogP contribution in [-0.4, -0.2) is 20.0 Å². The van der Waals surface area contributed by atoms with E-state index >= 15 is 0 Å². The van der Waals surface area contributed by atoms with Crippen molar-refractivity contribution in [3.63, 3.8) is 0 Å². The number of benzene rings is 2. The molecule has 1 aliphatic heterocycles. The lowest BCUT2D eigenvalue weighted by Gasteiger charge is -2.13. The zero-order valence-electron chi connectivity index (χ0n) is 15.6. The second kappa shape index (κ2) is 7.73. The van der Waals surface area contributed by atoms with Crippen molar-refractivity contribution in [2.45, 2.75) is 20.4 Å². The summed E-state index contributed by atoms with van der Waals surface area (Å²) in [4.78, 5) is 15.2. The van der Waals surface area contributed by atoms with Crippen molar-refractivity contribution in [2.75, 3.05) is 4.90 Å². The number of para-hydroxylation sites is 1. The highest BCUT2D eigenvalue weighted by Gasteiger charge is 2.33. The molecule has 2 aromatic carbocycles. The van der Waals surface area contributed by atoms with Gasteiger partial charge in [-0.05, 0) is 37.6 Å². The number of carbonyl (C=O) groups is 1. The summed E-state index contributed by atoms with van der Waals surface area (Å²) < 4.78 is 2.53. The molecule has 0 saturated carbocycles. The van der Waals surface area contributed by atoms with Crippen LogP contribution >= 0.6 is 24.0 Å². The second-order valence-corrected chi connectivity index (χ2v) is 8.26. The fourth-order valence-corrected chi connectivity index (χ4v) is 4.51. The van der Waals surface area contributed by atoms with Crippen molar-refractivity contribution in [2.24, 2.45) is 0 Å². The molecule has 2 heterocycles. The van der Waals surface area contributed by atoms with Crippen LogP contribution in [-0.2, 0) is 11.3 Å². The molecular weight excluding hydrogens is 386 g/mol. The van der Waals surface area contributed by atoms with Crippen molar-refractivity contribution in [3.8, 4) is 0 Å². The number of thioether (sulfide) groups is 1. The van der Waals surface area contributed by atoms with Gasteiger partial charge in [-0.25, -0.2) is 0 Å². The monoisotopic (exact) mass is 405 g/mol. The van der Waals surface area contributed by atoms with Crippen LogP contribution in [0.3, 0.4) is 0 Å².